The van der Waals surface area contributed by atoms with Crippen molar-refractivity contribution in [2.24, 2.45) is 0 Å². The van der Waals surface area contributed by atoms with Crippen molar-refractivity contribution < 1.29 is 14.7 Å². The van der Waals surface area contributed by atoms with Gasteiger partial charge in [0.1, 0.15) is 0 Å². The van der Waals surface area contributed by atoms with Gasteiger partial charge in [-0.1, -0.05) is 18.3 Å². The second-order valence-corrected chi connectivity index (χ2v) is 8.00. The van der Waals surface area contributed by atoms with Crippen LogP contribution in [-0.2, 0) is 4.79 Å². The number of unbranched alkanes of at least 4 members (excludes halogenated alkanes) is 2. The molecule has 1 heterocycles. The Kier molecular flexibility index (Phi) is 9.50. The molecular formula is C20H35N3O3. The van der Waals surface area contributed by atoms with Crippen molar-refractivity contribution in [1.29, 1.82) is 0 Å². The lowest BCUT2D eigenvalue weighted by Crippen LogP contribution is -2.45. The van der Waals surface area contributed by atoms with Crippen LogP contribution in [0.15, 0.2) is 0 Å². The van der Waals surface area contributed by atoms with E-state index in [0.29, 0.717) is 19.5 Å². The number of likely N-dealkylation sites (tertiary alicyclic amines) is 1. The van der Waals surface area contributed by atoms with E-state index < -0.39 is 11.6 Å². The van der Waals surface area contributed by atoms with Crippen molar-refractivity contribution >= 4 is 12.0 Å². The van der Waals surface area contributed by atoms with Gasteiger partial charge in [0.2, 0.25) is 5.91 Å². The highest BCUT2D eigenvalue weighted by Crippen LogP contribution is 2.15. The first-order chi connectivity index (χ1) is 12.2. The number of carbonyl (C=O) groups is 2. The lowest BCUT2D eigenvalue weighted by atomic mass is 10.1. The second kappa shape index (κ2) is 11.1. The first-order valence-electron chi connectivity index (χ1n) is 9.64. The number of hydrogen-bond acceptors (Lipinski definition) is 3. The molecule has 0 atom stereocenters. The van der Waals surface area contributed by atoms with Crippen molar-refractivity contribution in [3.63, 3.8) is 0 Å². The van der Waals surface area contributed by atoms with E-state index in [4.69, 9.17) is 0 Å². The third-order valence-corrected chi connectivity index (χ3v) is 4.68. The van der Waals surface area contributed by atoms with Crippen LogP contribution < -0.4 is 0 Å². The van der Waals surface area contributed by atoms with Crippen molar-refractivity contribution in [2.75, 3.05) is 39.8 Å². The van der Waals surface area contributed by atoms with E-state index in [1.807, 2.05) is 20.8 Å². The first-order valence-corrected chi connectivity index (χ1v) is 9.64. The molecule has 6 heteroatoms. The molecule has 0 spiro atoms. The maximum absolute atomic E-state index is 12.1. The summed E-state index contributed by atoms with van der Waals surface area (Å²) in [5, 5.41) is 9.25. The van der Waals surface area contributed by atoms with Crippen LogP contribution in [0.25, 0.3) is 0 Å². The standard InChI is InChI=1S/C20H35N3O3/c1-20(2,3)23(19(25)26)17-7-5-6-12-18(24)21(4)13-8-9-14-22-15-10-11-16-22/h5-7,10-17H2,1-4H3,(H,25,26). The molecule has 1 N–H and O–H groups in total. The molecule has 0 bridgehead atoms. The Morgan fingerprint density at radius 2 is 1.73 bits per heavy atom. The number of carboxylic acid groups (broad SMARTS) is 1. The molecule has 26 heavy (non-hydrogen) atoms. The molecule has 0 aliphatic carbocycles. The molecule has 6 nitrogen and oxygen atoms in total. The van der Waals surface area contributed by atoms with Crippen LogP contribution in [0, 0.1) is 11.8 Å². The average molecular weight is 366 g/mol. The van der Waals surface area contributed by atoms with Gasteiger partial charge < -0.3 is 14.9 Å². The lowest BCUT2D eigenvalue weighted by molar-refractivity contribution is -0.129. The third-order valence-electron chi connectivity index (χ3n) is 4.68. The maximum Gasteiger partial charge on any atom is 0.407 e. The second-order valence-electron chi connectivity index (χ2n) is 8.00. The molecule has 1 saturated heterocycles. The number of carbonyl (C=O) groups excluding carboxylic acids is 1. The smallest absolute Gasteiger partial charge is 0.407 e. The summed E-state index contributed by atoms with van der Waals surface area (Å²) >= 11 is 0. The molecule has 0 saturated carbocycles. The van der Waals surface area contributed by atoms with Crippen LogP contribution in [0.4, 0.5) is 4.79 Å². The van der Waals surface area contributed by atoms with Crippen molar-refractivity contribution in [3.05, 3.63) is 0 Å². The average Bonchev–Trinajstić information content (AvgIpc) is 3.06. The van der Waals surface area contributed by atoms with Gasteiger partial charge >= 0.3 is 6.09 Å². The molecule has 0 aromatic heterocycles. The number of amides is 2. The van der Waals surface area contributed by atoms with Gasteiger partial charge in [-0.25, -0.2) is 4.79 Å². The quantitative estimate of drug-likeness (QED) is 0.531. The van der Waals surface area contributed by atoms with Crippen LogP contribution >= 0.6 is 0 Å². The highest BCUT2D eigenvalue weighted by molar-refractivity contribution is 5.76. The van der Waals surface area contributed by atoms with Crippen molar-refractivity contribution in [1.82, 2.24) is 14.7 Å². The normalized spacial score (nSPS) is 14.6. The zero-order chi connectivity index (χ0) is 19.6. The molecular weight excluding hydrogens is 330 g/mol. The van der Waals surface area contributed by atoms with E-state index in [-0.39, 0.29) is 5.91 Å². The first kappa shape index (κ1) is 22.3. The topological polar surface area (TPSA) is 64.1 Å². The molecule has 0 unspecified atom stereocenters. The molecule has 2 amide bonds. The predicted molar refractivity (Wildman–Crippen MR) is 104 cm³/mol. The molecule has 1 fully saturated rings. The molecule has 0 radical (unpaired) electrons. The van der Waals surface area contributed by atoms with E-state index in [1.165, 1.54) is 17.7 Å². The highest BCUT2D eigenvalue weighted by Gasteiger charge is 2.25. The van der Waals surface area contributed by atoms with Crippen molar-refractivity contribution in [3.8, 4) is 11.8 Å². The Morgan fingerprint density at radius 3 is 2.31 bits per heavy atom. The van der Waals surface area contributed by atoms with Gasteiger partial charge in [0, 0.05) is 25.6 Å². The van der Waals surface area contributed by atoms with Crippen LogP contribution in [0.2, 0.25) is 0 Å². The molecule has 0 aromatic carbocycles. The van der Waals surface area contributed by atoms with Crippen LogP contribution in [-0.4, -0.2) is 77.1 Å². The maximum atomic E-state index is 12.1. The summed E-state index contributed by atoms with van der Waals surface area (Å²) in [4.78, 5) is 28.8. The van der Waals surface area contributed by atoms with Gasteiger partial charge in [-0.15, -0.1) is 0 Å². The Labute approximate surface area is 158 Å². The summed E-state index contributed by atoms with van der Waals surface area (Å²) in [6, 6.07) is 0. The molecule has 0 aromatic rings. The van der Waals surface area contributed by atoms with Gasteiger partial charge in [0.15, 0.2) is 0 Å². The van der Waals surface area contributed by atoms with E-state index in [1.54, 1.807) is 11.9 Å². The van der Waals surface area contributed by atoms with Crippen LogP contribution in [0.3, 0.4) is 0 Å². The fraction of sp³-hybridized carbons (Fsp3) is 0.800. The summed E-state index contributed by atoms with van der Waals surface area (Å²) in [6.07, 6.45) is 4.53. The lowest BCUT2D eigenvalue weighted by Gasteiger charge is -2.33. The van der Waals surface area contributed by atoms with Crippen molar-refractivity contribution in [2.45, 2.75) is 64.8 Å². The van der Waals surface area contributed by atoms with Gasteiger partial charge in [-0.2, -0.15) is 0 Å². The van der Waals surface area contributed by atoms with E-state index in [2.05, 4.69) is 16.7 Å². The molecule has 1 rings (SSSR count). The predicted octanol–water partition coefficient (Wildman–Crippen LogP) is 2.88. The Hall–Kier alpha value is -1.74. The largest absolute Gasteiger partial charge is 0.465 e. The summed E-state index contributed by atoms with van der Waals surface area (Å²) in [7, 11) is 1.79. The van der Waals surface area contributed by atoms with E-state index in [0.717, 1.165) is 38.9 Å². The van der Waals surface area contributed by atoms with Crippen LogP contribution in [0.5, 0.6) is 0 Å². The SMILES string of the molecule is CN(CC#CCN1CCCC1)C(=O)CCCCCN(C(=O)O)C(C)(C)C. The Balaban J connectivity index is 2.16. The molecule has 148 valence electrons. The summed E-state index contributed by atoms with van der Waals surface area (Å²) < 4.78 is 0. The monoisotopic (exact) mass is 365 g/mol. The number of nitrogens with zero attached hydrogens (tertiary/aromatic N) is 3. The fourth-order valence-electron chi connectivity index (χ4n) is 3.00. The Morgan fingerprint density at radius 1 is 1.08 bits per heavy atom. The minimum absolute atomic E-state index is 0.103. The van der Waals surface area contributed by atoms with Gasteiger partial charge in [0.05, 0.1) is 13.1 Å². The minimum Gasteiger partial charge on any atom is -0.465 e. The number of hydrogen-bond donors (Lipinski definition) is 1. The fourth-order valence-corrected chi connectivity index (χ4v) is 3.00. The zero-order valence-electron chi connectivity index (χ0n) is 16.9. The van der Waals surface area contributed by atoms with Gasteiger partial charge in [-0.3, -0.25) is 9.69 Å². The summed E-state index contributed by atoms with van der Waals surface area (Å²) in [6.45, 7) is 9.74. The summed E-state index contributed by atoms with van der Waals surface area (Å²) in [5.41, 5.74) is -0.393. The minimum atomic E-state index is -0.888. The van der Waals surface area contributed by atoms with Crippen LogP contribution in [0.1, 0.15) is 59.3 Å². The third kappa shape index (κ3) is 8.57. The number of rotatable bonds is 8. The summed E-state index contributed by atoms with van der Waals surface area (Å²) in [5.74, 6) is 6.33. The molecule has 1 aliphatic heterocycles. The zero-order valence-corrected chi connectivity index (χ0v) is 16.9. The Bertz CT molecular complexity index is 511. The highest BCUT2D eigenvalue weighted by atomic mass is 16.4. The van der Waals surface area contributed by atoms with E-state index >= 15 is 0 Å². The van der Waals surface area contributed by atoms with E-state index in [9.17, 15) is 14.7 Å². The molecule has 1 aliphatic rings. The van der Waals surface area contributed by atoms with Gasteiger partial charge in [0.25, 0.3) is 0 Å². The van der Waals surface area contributed by atoms with Gasteiger partial charge in [-0.05, 0) is 59.5 Å².